The van der Waals surface area contributed by atoms with Crippen molar-refractivity contribution in [3.8, 4) is 0 Å². The lowest BCUT2D eigenvalue weighted by atomic mass is 10.4. The minimum Gasteiger partial charge on any atom is -0.368 e. The monoisotopic (exact) mass is 177 g/mol. The third-order valence-corrected chi connectivity index (χ3v) is 1.24. The van der Waals surface area contributed by atoms with E-state index < -0.39 is 5.91 Å². The molecule has 0 aliphatic heterocycles. The molecule has 62 valence electrons. The van der Waals surface area contributed by atoms with Gasteiger partial charge in [-0.15, -0.1) is 0 Å². The van der Waals surface area contributed by atoms with Crippen LogP contribution in [0.2, 0.25) is 0 Å². The van der Waals surface area contributed by atoms with Crippen molar-refractivity contribution in [3.63, 3.8) is 0 Å². The highest BCUT2D eigenvalue weighted by Gasteiger charge is 2.06. The highest BCUT2D eigenvalue weighted by molar-refractivity contribution is 7.65. The van der Waals surface area contributed by atoms with Gasteiger partial charge in [-0.3, -0.25) is 9.59 Å². The molecule has 0 aromatic heterocycles. The number of hydrogen-bond donors (Lipinski definition) is 2. The molecule has 0 heterocycles. The zero-order valence-corrected chi connectivity index (χ0v) is 6.65. The average molecular weight is 177 g/mol. The summed E-state index contributed by atoms with van der Waals surface area (Å²) in [5.74, 6) is -0.704. The van der Waals surface area contributed by atoms with Crippen LogP contribution < -0.4 is 11.1 Å². The highest BCUT2D eigenvalue weighted by Crippen LogP contribution is 1.77. The summed E-state index contributed by atoms with van der Waals surface area (Å²) in [6.45, 7) is -0.164. The third kappa shape index (κ3) is 6.85. The minimum absolute atomic E-state index is 0.126. The fourth-order valence-electron chi connectivity index (χ4n) is 0.408. The third-order valence-electron chi connectivity index (χ3n) is 0.872. The fraction of sp³-hybridized carbons (Fsp3) is 0.600. The molecule has 0 fully saturated rings. The van der Waals surface area contributed by atoms with Gasteiger partial charge in [0.25, 0.3) is 0 Å². The van der Waals surface area contributed by atoms with Crippen molar-refractivity contribution < 1.29 is 13.8 Å². The van der Waals surface area contributed by atoms with Crippen LogP contribution in [0.3, 0.4) is 0 Å². The predicted octanol–water partition coefficient (Wildman–Crippen LogP) is -1.59. The van der Waals surface area contributed by atoms with Gasteiger partial charge in [0.15, 0.2) is 0 Å². The second kappa shape index (κ2) is 5.72. The van der Waals surface area contributed by atoms with Crippen LogP contribution in [0.5, 0.6) is 0 Å². The van der Waals surface area contributed by atoms with Gasteiger partial charge in [0, 0.05) is 4.21 Å². The maximum absolute atomic E-state index is 10.6. The largest absolute Gasteiger partial charge is 0.459 e. The Morgan fingerprint density at radius 1 is 1.45 bits per heavy atom. The van der Waals surface area contributed by atoms with Gasteiger partial charge in [-0.1, -0.05) is 0 Å². The number of carbonyl (C=O) groups is 2. The number of nitrogens with two attached hydrogens (primary N) is 1. The van der Waals surface area contributed by atoms with Gasteiger partial charge < -0.3 is 11.1 Å². The van der Waals surface area contributed by atoms with Crippen LogP contribution in [0.1, 0.15) is 6.42 Å². The number of rotatable bonds is 5. The first-order chi connectivity index (χ1) is 5.16. The first-order valence-electron chi connectivity index (χ1n) is 2.96. The van der Waals surface area contributed by atoms with Crippen molar-refractivity contribution in [2.24, 2.45) is 5.73 Å². The first-order valence-corrected chi connectivity index (χ1v) is 3.87. The molecule has 6 heteroatoms. The van der Waals surface area contributed by atoms with E-state index in [9.17, 15) is 13.8 Å². The number of hydrogen-bond acceptors (Lipinski definition) is 3. The second-order valence-corrected chi connectivity index (χ2v) is 2.46. The van der Waals surface area contributed by atoms with Gasteiger partial charge in [0.2, 0.25) is 17.6 Å². The van der Waals surface area contributed by atoms with E-state index in [2.05, 4.69) is 5.32 Å². The molecular weight excluding hydrogens is 168 g/mol. The number of nitrogens with one attached hydrogen (secondary N) is 1. The van der Waals surface area contributed by atoms with Crippen molar-refractivity contribution in [2.75, 3.05) is 12.3 Å². The molecule has 0 aliphatic carbocycles. The van der Waals surface area contributed by atoms with Crippen molar-refractivity contribution >= 4 is 23.5 Å². The second-order valence-electron chi connectivity index (χ2n) is 1.82. The van der Waals surface area contributed by atoms with E-state index in [4.69, 9.17) is 5.73 Å². The molecule has 0 unspecified atom stereocenters. The molecule has 2 amide bonds. The van der Waals surface area contributed by atoms with E-state index in [1.807, 2.05) is 0 Å². The van der Waals surface area contributed by atoms with Crippen LogP contribution in [0.4, 0.5) is 0 Å². The molecule has 0 atom stereocenters. The van der Waals surface area contributed by atoms with Crippen LogP contribution in [-0.2, 0) is 25.5 Å². The van der Waals surface area contributed by atoms with Gasteiger partial charge in [-0.2, -0.15) is 0 Å². The molecule has 3 N–H and O–H groups in total. The maximum Gasteiger partial charge on any atom is 0.459 e. The smallest absolute Gasteiger partial charge is 0.368 e. The summed E-state index contributed by atoms with van der Waals surface area (Å²) in [7, 11) is 0. The standard InChI is InChI=1S/C5H8N2O3S/c6-4(8)3-7-5(9)1-2-11-10/h1-3H2,(H2-,6,7,8,9)/p+1. The Labute approximate surface area is 67.8 Å². The van der Waals surface area contributed by atoms with Crippen LogP contribution >= 0.6 is 0 Å². The zero-order chi connectivity index (χ0) is 8.69. The van der Waals surface area contributed by atoms with Crippen LogP contribution in [-0.4, -0.2) is 24.1 Å². The normalized spacial score (nSPS) is 8.73. The fourth-order valence-corrected chi connectivity index (χ4v) is 0.677. The average Bonchev–Trinajstić information content (AvgIpc) is 1.97. The highest BCUT2D eigenvalue weighted by atomic mass is 32.1. The topological polar surface area (TPSA) is 89.3 Å². The van der Waals surface area contributed by atoms with Crippen LogP contribution in [0.25, 0.3) is 0 Å². The van der Waals surface area contributed by atoms with E-state index in [1.54, 1.807) is 0 Å². The number of amides is 2. The summed E-state index contributed by atoms with van der Waals surface area (Å²) in [6.07, 6.45) is 0.126. The molecule has 0 radical (unpaired) electrons. The predicted molar refractivity (Wildman–Crippen MR) is 39.7 cm³/mol. The summed E-state index contributed by atoms with van der Waals surface area (Å²) >= 11 is 0.337. The molecule has 5 nitrogen and oxygen atoms in total. The quantitative estimate of drug-likeness (QED) is 0.496. The molecule has 0 saturated heterocycles. The Morgan fingerprint density at radius 3 is 2.55 bits per heavy atom. The molecule has 0 bridgehead atoms. The molecule has 0 saturated carbocycles. The number of carbonyl (C=O) groups excluding carboxylic acids is 2. The van der Waals surface area contributed by atoms with E-state index in [-0.39, 0.29) is 24.6 Å². The van der Waals surface area contributed by atoms with E-state index in [1.165, 1.54) is 0 Å². The SMILES string of the molecule is NC(=O)CNC(=O)CC[S+]=O. The molecule has 0 aliphatic rings. The Bertz CT molecular complexity index is 171. The van der Waals surface area contributed by atoms with E-state index in [0.29, 0.717) is 11.7 Å². The molecule has 0 rings (SSSR count). The van der Waals surface area contributed by atoms with Crippen LogP contribution in [0.15, 0.2) is 0 Å². The van der Waals surface area contributed by atoms with Crippen molar-refractivity contribution in [1.29, 1.82) is 0 Å². The molecule has 0 aromatic rings. The van der Waals surface area contributed by atoms with Gasteiger partial charge in [0.1, 0.15) is 0 Å². The summed E-state index contributed by atoms with van der Waals surface area (Å²) in [5, 5.41) is 2.25. The molecular formula is C5H9N2O3S+. The minimum atomic E-state index is -0.590. The molecule has 0 aromatic carbocycles. The molecule has 11 heavy (non-hydrogen) atoms. The van der Waals surface area contributed by atoms with Crippen molar-refractivity contribution in [2.45, 2.75) is 6.42 Å². The summed E-state index contributed by atoms with van der Waals surface area (Å²) in [4.78, 5) is 20.8. The first kappa shape index (κ1) is 9.96. The lowest BCUT2D eigenvalue weighted by molar-refractivity contribution is -0.124. The maximum atomic E-state index is 10.6. The Hall–Kier alpha value is -1.04. The van der Waals surface area contributed by atoms with Gasteiger partial charge in [-0.05, 0) is 0 Å². The van der Waals surface area contributed by atoms with Gasteiger partial charge in [0.05, 0.1) is 13.0 Å². The van der Waals surface area contributed by atoms with Crippen molar-refractivity contribution in [1.82, 2.24) is 5.32 Å². The lowest BCUT2D eigenvalue weighted by Gasteiger charge is -1.96. The summed E-state index contributed by atoms with van der Waals surface area (Å²) in [5.41, 5.74) is 4.75. The van der Waals surface area contributed by atoms with Gasteiger partial charge >= 0.3 is 11.7 Å². The lowest BCUT2D eigenvalue weighted by Crippen LogP contribution is -2.33. The van der Waals surface area contributed by atoms with Crippen molar-refractivity contribution in [3.05, 3.63) is 0 Å². The van der Waals surface area contributed by atoms with E-state index in [0.717, 1.165) is 0 Å². The molecule has 0 spiro atoms. The zero-order valence-electron chi connectivity index (χ0n) is 5.83. The Kier molecular flexibility index (Phi) is 5.18. The summed E-state index contributed by atoms with van der Waals surface area (Å²) in [6, 6.07) is 0. The van der Waals surface area contributed by atoms with Crippen LogP contribution in [0, 0.1) is 0 Å². The number of primary amides is 1. The van der Waals surface area contributed by atoms with E-state index >= 15 is 0 Å². The Balaban J connectivity index is 3.37. The summed E-state index contributed by atoms with van der Waals surface area (Å²) < 4.78 is 9.82. The van der Waals surface area contributed by atoms with Gasteiger partial charge in [-0.25, -0.2) is 0 Å². The Morgan fingerprint density at radius 2 is 2.09 bits per heavy atom.